The Labute approximate surface area is 194 Å². The Morgan fingerprint density at radius 2 is 2.00 bits per heavy atom. The van der Waals surface area contributed by atoms with E-state index in [0.717, 1.165) is 30.6 Å². The molecule has 1 saturated heterocycles. The van der Waals surface area contributed by atoms with Gasteiger partial charge in [0.25, 0.3) is 0 Å². The Hall–Kier alpha value is -1.99. The number of esters is 1. The molecule has 0 bridgehead atoms. The lowest BCUT2D eigenvalue weighted by Crippen LogP contribution is -2.50. The van der Waals surface area contributed by atoms with Crippen molar-refractivity contribution >= 4 is 17.6 Å². The standard InChI is InChI=1S/C25H32ClFN2O3/c1-2-32-25(31)20(16-29-14-18(15-29)9-10-30)12-22(28)11-17-3-5-19(6-4-17)23-13-21(26)7-8-24(23)27/h3-8,13,18,20,22,30H,2,9-12,14-16,28H2,1H3. The van der Waals surface area contributed by atoms with Gasteiger partial charge in [0.1, 0.15) is 5.82 Å². The number of hydrogen-bond acceptors (Lipinski definition) is 5. The fourth-order valence-electron chi connectivity index (χ4n) is 4.30. The molecule has 1 heterocycles. The summed E-state index contributed by atoms with van der Waals surface area (Å²) in [6.45, 7) is 4.77. The summed E-state index contributed by atoms with van der Waals surface area (Å²) in [6.07, 6.45) is 1.95. The number of aliphatic hydroxyl groups is 1. The van der Waals surface area contributed by atoms with Crippen molar-refractivity contribution in [2.45, 2.75) is 32.2 Å². The second-order valence-corrected chi connectivity index (χ2v) is 9.00. The maximum atomic E-state index is 14.1. The van der Waals surface area contributed by atoms with Crippen molar-refractivity contribution in [1.82, 2.24) is 4.90 Å². The monoisotopic (exact) mass is 462 g/mol. The normalized spacial score (nSPS) is 16.4. The van der Waals surface area contributed by atoms with E-state index in [2.05, 4.69) is 4.90 Å². The second-order valence-electron chi connectivity index (χ2n) is 8.57. The molecule has 174 valence electrons. The van der Waals surface area contributed by atoms with Crippen molar-refractivity contribution in [3.63, 3.8) is 0 Å². The van der Waals surface area contributed by atoms with Crippen LogP contribution in [0.15, 0.2) is 42.5 Å². The highest BCUT2D eigenvalue weighted by atomic mass is 35.5. The largest absolute Gasteiger partial charge is 0.466 e. The van der Waals surface area contributed by atoms with E-state index >= 15 is 0 Å². The molecule has 7 heteroatoms. The Balaban J connectivity index is 1.58. The lowest BCUT2D eigenvalue weighted by atomic mass is 9.91. The molecule has 0 aromatic heterocycles. The van der Waals surface area contributed by atoms with Crippen LogP contribution in [0.3, 0.4) is 0 Å². The second kappa shape index (κ2) is 11.8. The van der Waals surface area contributed by atoms with Gasteiger partial charge >= 0.3 is 5.97 Å². The van der Waals surface area contributed by atoms with Gasteiger partial charge in [0.05, 0.1) is 12.5 Å². The van der Waals surface area contributed by atoms with Gasteiger partial charge < -0.3 is 20.5 Å². The molecule has 0 radical (unpaired) electrons. The van der Waals surface area contributed by atoms with Crippen molar-refractivity contribution in [2.24, 2.45) is 17.6 Å². The summed E-state index contributed by atoms with van der Waals surface area (Å²) in [6, 6.07) is 11.9. The molecule has 1 fully saturated rings. The van der Waals surface area contributed by atoms with Gasteiger partial charge in [-0.25, -0.2) is 4.39 Å². The molecule has 1 aliphatic heterocycles. The van der Waals surface area contributed by atoms with Gasteiger partial charge in [0, 0.05) is 42.9 Å². The summed E-state index contributed by atoms with van der Waals surface area (Å²) < 4.78 is 19.4. The summed E-state index contributed by atoms with van der Waals surface area (Å²) in [5.74, 6) is -0.303. The van der Waals surface area contributed by atoms with Crippen molar-refractivity contribution in [3.8, 4) is 11.1 Å². The van der Waals surface area contributed by atoms with Crippen LogP contribution in [0.25, 0.3) is 11.1 Å². The lowest BCUT2D eigenvalue weighted by molar-refractivity contribution is -0.149. The van der Waals surface area contributed by atoms with E-state index in [1.165, 1.54) is 12.1 Å². The SMILES string of the molecule is CCOC(=O)C(CC(N)Cc1ccc(-c2cc(Cl)ccc2F)cc1)CN1CC(CCO)C1. The van der Waals surface area contributed by atoms with Crippen LogP contribution in [0.1, 0.15) is 25.3 Å². The number of nitrogens with two attached hydrogens (primary N) is 1. The van der Waals surface area contributed by atoms with Crippen LogP contribution in [-0.2, 0) is 16.0 Å². The number of benzene rings is 2. The van der Waals surface area contributed by atoms with Gasteiger partial charge in [0.2, 0.25) is 0 Å². The smallest absolute Gasteiger partial charge is 0.310 e. The number of carbonyl (C=O) groups is 1. The third-order valence-corrected chi connectivity index (χ3v) is 6.18. The highest BCUT2D eigenvalue weighted by Crippen LogP contribution is 2.27. The highest BCUT2D eigenvalue weighted by molar-refractivity contribution is 6.30. The zero-order valence-corrected chi connectivity index (χ0v) is 19.2. The summed E-state index contributed by atoms with van der Waals surface area (Å²) >= 11 is 6.00. The van der Waals surface area contributed by atoms with Gasteiger partial charge in [-0.2, -0.15) is 0 Å². The number of halogens is 2. The quantitative estimate of drug-likeness (QED) is 0.495. The minimum atomic E-state index is -0.316. The third-order valence-electron chi connectivity index (χ3n) is 5.95. The average Bonchev–Trinajstić information content (AvgIpc) is 2.74. The fourth-order valence-corrected chi connectivity index (χ4v) is 4.47. The molecule has 5 nitrogen and oxygen atoms in total. The molecule has 0 amide bonds. The van der Waals surface area contributed by atoms with Crippen molar-refractivity contribution in [1.29, 1.82) is 0 Å². The molecule has 3 N–H and O–H groups in total. The molecule has 0 spiro atoms. The molecule has 2 atom stereocenters. The van der Waals surface area contributed by atoms with Crippen LogP contribution >= 0.6 is 11.6 Å². The maximum Gasteiger partial charge on any atom is 0.310 e. The summed E-state index contributed by atoms with van der Waals surface area (Å²) in [5.41, 5.74) is 8.65. The van der Waals surface area contributed by atoms with Gasteiger partial charge in [-0.05, 0) is 61.4 Å². The van der Waals surface area contributed by atoms with E-state index in [4.69, 9.17) is 27.2 Å². The fraction of sp³-hybridized carbons (Fsp3) is 0.480. The molecule has 2 aromatic carbocycles. The predicted molar refractivity (Wildman–Crippen MR) is 125 cm³/mol. The molecular formula is C25H32ClFN2O3. The number of aliphatic hydroxyl groups excluding tert-OH is 1. The summed E-state index contributed by atoms with van der Waals surface area (Å²) in [4.78, 5) is 14.7. The molecule has 3 rings (SSSR count). The highest BCUT2D eigenvalue weighted by Gasteiger charge is 2.32. The Kier molecular flexibility index (Phi) is 9.05. The number of hydrogen-bond donors (Lipinski definition) is 2. The van der Waals surface area contributed by atoms with Crippen LogP contribution in [0.2, 0.25) is 5.02 Å². The first-order valence-electron chi connectivity index (χ1n) is 11.2. The molecular weight excluding hydrogens is 431 g/mol. The first-order chi connectivity index (χ1) is 15.4. The molecule has 0 aliphatic carbocycles. The van der Waals surface area contributed by atoms with Gasteiger partial charge in [-0.15, -0.1) is 0 Å². The molecule has 0 saturated carbocycles. The van der Waals surface area contributed by atoms with Gasteiger partial charge in [-0.1, -0.05) is 35.9 Å². The van der Waals surface area contributed by atoms with E-state index in [0.29, 0.717) is 42.5 Å². The minimum Gasteiger partial charge on any atom is -0.466 e. The average molecular weight is 463 g/mol. The van der Waals surface area contributed by atoms with Crippen LogP contribution in [0, 0.1) is 17.7 Å². The van der Waals surface area contributed by atoms with E-state index in [-0.39, 0.29) is 30.4 Å². The Morgan fingerprint density at radius 3 is 2.66 bits per heavy atom. The zero-order chi connectivity index (χ0) is 23.1. The van der Waals surface area contributed by atoms with Crippen LogP contribution < -0.4 is 5.73 Å². The van der Waals surface area contributed by atoms with Gasteiger partial charge in [-0.3, -0.25) is 4.79 Å². The van der Waals surface area contributed by atoms with E-state index in [9.17, 15) is 9.18 Å². The maximum absolute atomic E-state index is 14.1. The van der Waals surface area contributed by atoms with Crippen molar-refractivity contribution in [3.05, 3.63) is 58.9 Å². The van der Waals surface area contributed by atoms with Crippen LogP contribution in [0.5, 0.6) is 0 Å². The van der Waals surface area contributed by atoms with E-state index < -0.39 is 0 Å². The van der Waals surface area contributed by atoms with E-state index in [1.807, 2.05) is 24.3 Å². The summed E-state index contributed by atoms with van der Waals surface area (Å²) in [7, 11) is 0. The molecule has 32 heavy (non-hydrogen) atoms. The molecule has 1 aliphatic rings. The predicted octanol–water partition coefficient (Wildman–Crippen LogP) is 3.90. The molecule has 2 unspecified atom stereocenters. The van der Waals surface area contributed by atoms with Crippen molar-refractivity contribution < 1.29 is 19.0 Å². The number of carbonyl (C=O) groups excluding carboxylic acids is 1. The van der Waals surface area contributed by atoms with Crippen molar-refractivity contribution in [2.75, 3.05) is 32.8 Å². The number of likely N-dealkylation sites (tertiary alicyclic amines) is 1. The Bertz CT molecular complexity index is 887. The zero-order valence-electron chi connectivity index (χ0n) is 18.5. The van der Waals surface area contributed by atoms with Crippen LogP contribution in [0.4, 0.5) is 4.39 Å². The first kappa shape index (κ1) is 24.6. The van der Waals surface area contributed by atoms with Gasteiger partial charge in [0.15, 0.2) is 0 Å². The number of rotatable bonds is 11. The number of nitrogens with zero attached hydrogens (tertiary/aromatic N) is 1. The third kappa shape index (κ3) is 6.75. The number of ether oxygens (including phenoxy) is 1. The Morgan fingerprint density at radius 1 is 1.28 bits per heavy atom. The first-order valence-corrected chi connectivity index (χ1v) is 11.6. The summed E-state index contributed by atoms with van der Waals surface area (Å²) in [5, 5.41) is 9.55. The van der Waals surface area contributed by atoms with E-state index in [1.54, 1.807) is 13.0 Å². The topological polar surface area (TPSA) is 75.8 Å². The lowest BCUT2D eigenvalue weighted by Gasteiger charge is -2.40. The minimum absolute atomic E-state index is 0.201. The van der Waals surface area contributed by atoms with Crippen LogP contribution in [-0.4, -0.2) is 54.9 Å². The molecule has 2 aromatic rings.